The van der Waals surface area contributed by atoms with Gasteiger partial charge in [-0.25, -0.2) is 4.57 Å². The predicted octanol–water partition coefficient (Wildman–Crippen LogP) is 9.56. The van der Waals surface area contributed by atoms with E-state index < -0.39 is 75.7 Å². The van der Waals surface area contributed by atoms with Crippen molar-refractivity contribution in [3.63, 3.8) is 0 Å². The number of carbonyl (C=O) groups excluding carboxylic acids is 2. The average molecular weight is 901 g/mol. The number of carbonyl (C=O) groups is 2. The largest absolute Gasteiger partial charge is 0.472 e. The molecule has 0 radical (unpaired) electrons. The van der Waals surface area contributed by atoms with Gasteiger partial charge in [-0.2, -0.15) is 0 Å². The lowest BCUT2D eigenvalue weighted by Gasteiger charge is -2.41. The monoisotopic (exact) mass is 901 g/mol. The molecular formula is C48H85O13P. The number of ether oxygens (including phenoxy) is 2. The summed E-state index contributed by atoms with van der Waals surface area (Å²) in [4.78, 5) is 35.7. The molecule has 62 heavy (non-hydrogen) atoms. The molecule has 6 unspecified atom stereocenters. The molecule has 13 nitrogen and oxygen atoms in total. The first-order valence-electron chi connectivity index (χ1n) is 23.9. The Balaban J connectivity index is 2.46. The van der Waals surface area contributed by atoms with Crippen LogP contribution in [0, 0.1) is 0 Å². The third-order valence-electron chi connectivity index (χ3n) is 10.9. The minimum Gasteiger partial charge on any atom is -0.462 e. The second-order valence-corrected chi connectivity index (χ2v) is 18.0. The predicted molar refractivity (Wildman–Crippen MR) is 244 cm³/mol. The van der Waals surface area contributed by atoms with Crippen LogP contribution in [0.25, 0.3) is 0 Å². The van der Waals surface area contributed by atoms with Gasteiger partial charge in [0.05, 0.1) is 6.61 Å². The van der Waals surface area contributed by atoms with Crippen LogP contribution in [-0.4, -0.2) is 98.3 Å². The molecule has 0 aromatic heterocycles. The summed E-state index contributed by atoms with van der Waals surface area (Å²) in [5.41, 5.74) is 0. The number of hydrogen-bond donors (Lipinski definition) is 6. The number of allylic oxidation sites excluding steroid dienone is 8. The van der Waals surface area contributed by atoms with Gasteiger partial charge in [-0.05, 0) is 77.0 Å². The zero-order valence-electron chi connectivity index (χ0n) is 38.2. The first-order valence-corrected chi connectivity index (χ1v) is 25.4. The SMILES string of the molecule is CCCCC/C=C\C/C=C\CCCCCCCC(=O)OCC(COP(=O)(O)OC1C(O)C(O)C(O)C(O)C1O)OC(=O)CCCCCCCCC/C=C\C/C=C\CCCCCC. The lowest BCUT2D eigenvalue weighted by atomic mass is 9.85. The molecule has 0 amide bonds. The number of unbranched alkanes of at least 4 members (excludes halogenated alkanes) is 19. The maximum atomic E-state index is 12.8. The number of phosphoric acid groups is 1. The van der Waals surface area contributed by atoms with Crippen molar-refractivity contribution in [3.05, 3.63) is 48.6 Å². The van der Waals surface area contributed by atoms with Crippen molar-refractivity contribution >= 4 is 19.8 Å². The molecule has 0 aliphatic heterocycles. The van der Waals surface area contributed by atoms with Gasteiger partial charge in [0.25, 0.3) is 0 Å². The first-order chi connectivity index (χ1) is 29.9. The van der Waals surface area contributed by atoms with Crippen LogP contribution in [0.3, 0.4) is 0 Å². The van der Waals surface area contributed by atoms with E-state index in [0.717, 1.165) is 96.3 Å². The quantitative estimate of drug-likeness (QED) is 0.0147. The van der Waals surface area contributed by atoms with E-state index in [-0.39, 0.29) is 12.8 Å². The molecule has 0 aromatic carbocycles. The fourth-order valence-corrected chi connectivity index (χ4v) is 7.97. The van der Waals surface area contributed by atoms with Gasteiger partial charge in [-0.1, -0.05) is 146 Å². The Labute approximate surface area is 373 Å². The van der Waals surface area contributed by atoms with Crippen LogP contribution in [-0.2, 0) is 32.7 Å². The van der Waals surface area contributed by atoms with Gasteiger partial charge in [0.15, 0.2) is 6.10 Å². The Morgan fingerprint density at radius 3 is 1.34 bits per heavy atom. The van der Waals surface area contributed by atoms with Crippen molar-refractivity contribution in [2.24, 2.45) is 0 Å². The molecule has 360 valence electrons. The van der Waals surface area contributed by atoms with E-state index in [2.05, 4.69) is 62.5 Å². The van der Waals surface area contributed by atoms with Crippen LogP contribution < -0.4 is 0 Å². The average Bonchev–Trinajstić information content (AvgIpc) is 3.25. The molecule has 6 atom stereocenters. The van der Waals surface area contributed by atoms with E-state index >= 15 is 0 Å². The van der Waals surface area contributed by atoms with Gasteiger partial charge in [-0.15, -0.1) is 0 Å². The Bertz CT molecular complexity index is 1270. The van der Waals surface area contributed by atoms with Crippen LogP contribution in [0.2, 0.25) is 0 Å². The number of rotatable bonds is 39. The van der Waals surface area contributed by atoms with E-state index in [1.165, 1.54) is 51.4 Å². The van der Waals surface area contributed by atoms with Gasteiger partial charge < -0.3 is 39.9 Å². The van der Waals surface area contributed by atoms with Crippen LogP contribution in [0.5, 0.6) is 0 Å². The number of aliphatic hydroxyl groups excluding tert-OH is 5. The number of esters is 2. The van der Waals surface area contributed by atoms with E-state index in [1.54, 1.807) is 0 Å². The van der Waals surface area contributed by atoms with Gasteiger partial charge in [0.2, 0.25) is 0 Å². The summed E-state index contributed by atoms with van der Waals surface area (Å²) in [5.74, 6) is -1.12. The zero-order chi connectivity index (χ0) is 45.7. The molecule has 0 bridgehead atoms. The van der Waals surface area contributed by atoms with Crippen molar-refractivity contribution in [1.82, 2.24) is 0 Å². The fourth-order valence-electron chi connectivity index (χ4n) is 6.99. The van der Waals surface area contributed by atoms with E-state index in [1.807, 2.05) is 0 Å². The van der Waals surface area contributed by atoms with E-state index in [4.69, 9.17) is 18.5 Å². The molecule has 0 aromatic rings. The summed E-state index contributed by atoms with van der Waals surface area (Å²) in [6.07, 6.45) is 31.5. The summed E-state index contributed by atoms with van der Waals surface area (Å²) in [5, 5.41) is 50.2. The molecule has 6 N–H and O–H groups in total. The second kappa shape index (κ2) is 38.1. The summed E-state index contributed by atoms with van der Waals surface area (Å²) in [7, 11) is -5.13. The highest BCUT2D eigenvalue weighted by atomic mass is 31.2. The molecule has 0 spiro atoms. The van der Waals surface area contributed by atoms with Crippen molar-refractivity contribution in [1.29, 1.82) is 0 Å². The minimum atomic E-state index is -5.13. The maximum absolute atomic E-state index is 12.8. The molecule has 1 aliphatic rings. The van der Waals surface area contributed by atoms with Crippen molar-refractivity contribution in [2.75, 3.05) is 13.2 Å². The number of aliphatic hydroxyl groups is 5. The lowest BCUT2D eigenvalue weighted by molar-refractivity contribution is -0.220. The highest BCUT2D eigenvalue weighted by Gasteiger charge is 2.51. The van der Waals surface area contributed by atoms with Crippen molar-refractivity contribution in [2.45, 2.75) is 230 Å². The topological polar surface area (TPSA) is 210 Å². The number of phosphoric ester groups is 1. The smallest absolute Gasteiger partial charge is 0.462 e. The van der Waals surface area contributed by atoms with E-state index in [0.29, 0.717) is 12.8 Å². The summed E-state index contributed by atoms with van der Waals surface area (Å²) in [6.45, 7) is 3.24. The third-order valence-corrected chi connectivity index (χ3v) is 11.9. The molecular weight excluding hydrogens is 815 g/mol. The second-order valence-electron chi connectivity index (χ2n) is 16.6. The first kappa shape index (κ1) is 57.8. The summed E-state index contributed by atoms with van der Waals surface area (Å²) < 4.78 is 33.5. The third kappa shape index (κ3) is 30.0. The van der Waals surface area contributed by atoms with Crippen LogP contribution in [0.1, 0.15) is 187 Å². The fraction of sp³-hybridized carbons (Fsp3) is 0.792. The lowest BCUT2D eigenvalue weighted by Crippen LogP contribution is -2.64. The van der Waals surface area contributed by atoms with Crippen molar-refractivity contribution in [3.8, 4) is 0 Å². The Morgan fingerprint density at radius 2 is 0.871 bits per heavy atom. The molecule has 14 heteroatoms. The Hall–Kier alpha value is -2.19. The minimum absolute atomic E-state index is 0.0836. The van der Waals surface area contributed by atoms with Gasteiger partial charge in [0, 0.05) is 12.8 Å². The summed E-state index contributed by atoms with van der Waals surface area (Å²) >= 11 is 0. The molecule has 1 rings (SSSR count). The summed E-state index contributed by atoms with van der Waals surface area (Å²) in [6, 6.07) is 0. The van der Waals surface area contributed by atoms with Gasteiger partial charge >= 0.3 is 19.8 Å². The molecule has 1 fully saturated rings. The highest BCUT2D eigenvalue weighted by Crippen LogP contribution is 2.47. The van der Waals surface area contributed by atoms with Gasteiger partial charge in [0.1, 0.15) is 43.2 Å². The van der Waals surface area contributed by atoms with Crippen LogP contribution in [0.4, 0.5) is 0 Å². The number of hydrogen-bond acceptors (Lipinski definition) is 12. The van der Waals surface area contributed by atoms with Crippen LogP contribution in [0.15, 0.2) is 48.6 Å². The standard InChI is InChI=1S/C48H85O13P/c1-3-5-7-9-11-13-15-17-19-20-21-23-25-27-29-31-33-35-37-42(50)60-40(39-59-62(56,57)61-48-46(54)44(52)43(51)45(53)47(48)55)38-58-41(49)36-34-32-30-28-26-24-22-18-16-14-12-10-8-6-4-2/h12-15,18-20,22,40,43-48,51-55H,3-11,16-17,21,23-39H2,1-2H3,(H,56,57)/b14-12-,15-13-,20-19-,22-18-. The zero-order valence-corrected chi connectivity index (χ0v) is 39.0. The molecule has 1 saturated carbocycles. The van der Waals surface area contributed by atoms with Gasteiger partial charge in [-0.3, -0.25) is 18.6 Å². The highest BCUT2D eigenvalue weighted by molar-refractivity contribution is 7.47. The van der Waals surface area contributed by atoms with Crippen LogP contribution >= 0.6 is 7.82 Å². The Morgan fingerprint density at radius 1 is 0.500 bits per heavy atom. The molecule has 1 aliphatic carbocycles. The van der Waals surface area contributed by atoms with E-state index in [9.17, 15) is 44.6 Å². The molecule has 0 saturated heterocycles. The normalized spacial score (nSPS) is 22.3. The Kier molecular flexibility index (Phi) is 35.5. The van der Waals surface area contributed by atoms with Crippen molar-refractivity contribution < 1.29 is 63.1 Å². The maximum Gasteiger partial charge on any atom is 0.472 e. The molecule has 0 heterocycles.